The molecule has 0 spiro atoms. The molecule has 1 aliphatic rings. The fourth-order valence-corrected chi connectivity index (χ4v) is 5.00. The maximum Gasteiger partial charge on any atom is 0.243 e. The first-order chi connectivity index (χ1) is 9.45. The molecule has 0 bridgehead atoms. The molecule has 0 heterocycles. The topological polar surface area (TPSA) is 72.2 Å². The van der Waals surface area contributed by atoms with Crippen LogP contribution in [0.15, 0.2) is 23.1 Å². The van der Waals surface area contributed by atoms with Crippen molar-refractivity contribution in [2.24, 2.45) is 0 Å². The molecule has 0 radical (unpaired) electrons. The number of benzene rings is 1. The molecule has 4 nitrogen and oxygen atoms in total. The molecule has 0 aromatic heterocycles. The van der Waals surface area contributed by atoms with E-state index in [1.54, 1.807) is 11.8 Å². The molecule has 112 valence electrons. The second-order valence-corrected chi connectivity index (χ2v) is 7.70. The van der Waals surface area contributed by atoms with Gasteiger partial charge in [-0.05, 0) is 31.2 Å². The van der Waals surface area contributed by atoms with Crippen molar-refractivity contribution in [3.8, 4) is 0 Å². The number of nitrogen functional groups attached to an aromatic ring is 1. The first-order valence-corrected chi connectivity index (χ1v) is 9.32. The number of halogens is 1. The molecule has 2 unspecified atom stereocenters. The van der Waals surface area contributed by atoms with Gasteiger partial charge in [0.05, 0.1) is 5.69 Å². The third-order valence-corrected chi connectivity index (χ3v) is 6.33. The van der Waals surface area contributed by atoms with E-state index in [4.69, 9.17) is 5.73 Å². The minimum absolute atomic E-state index is 0.119. The number of thioether (sulfide) groups is 1. The van der Waals surface area contributed by atoms with Gasteiger partial charge in [-0.25, -0.2) is 17.5 Å². The van der Waals surface area contributed by atoms with Gasteiger partial charge in [0.2, 0.25) is 10.0 Å². The second kappa shape index (κ2) is 6.32. The Labute approximate surface area is 123 Å². The smallest absolute Gasteiger partial charge is 0.243 e. The first kappa shape index (κ1) is 15.6. The van der Waals surface area contributed by atoms with E-state index >= 15 is 0 Å². The van der Waals surface area contributed by atoms with Crippen molar-refractivity contribution >= 4 is 27.5 Å². The van der Waals surface area contributed by atoms with Crippen LogP contribution in [0.4, 0.5) is 10.1 Å². The first-order valence-electron chi connectivity index (χ1n) is 6.55. The molecule has 3 N–H and O–H groups in total. The number of hydrogen-bond acceptors (Lipinski definition) is 4. The van der Waals surface area contributed by atoms with Crippen LogP contribution < -0.4 is 10.5 Å². The Hall–Kier alpha value is -0.790. The van der Waals surface area contributed by atoms with Gasteiger partial charge < -0.3 is 5.73 Å². The van der Waals surface area contributed by atoms with Crippen LogP contribution in [0, 0.1) is 5.82 Å². The van der Waals surface area contributed by atoms with Crippen LogP contribution in [0.1, 0.15) is 25.7 Å². The molecule has 0 amide bonds. The van der Waals surface area contributed by atoms with Gasteiger partial charge in [0.15, 0.2) is 0 Å². The lowest BCUT2D eigenvalue weighted by Gasteiger charge is -2.30. The lowest BCUT2D eigenvalue weighted by atomic mass is 9.96. The quantitative estimate of drug-likeness (QED) is 0.836. The van der Waals surface area contributed by atoms with Gasteiger partial charge in [-0.15, -0.1) is 0 Å². The molecular weight excluding hydrogens is 299 g/mol. The molecule has 2 atom stereocenters. The van der Waals surface area contributed by atoms with Gasteiger partial charge in [0.25, 0.3) is 0 Å². The second-order valence-electron chi connectivity index (χ2n) is 4.94. The predicted molar refractivity (Wildman–Crippen MR) is 80.7 cm³/mol. The molecule has 1 fully saturated rings. The van der Waals surface area contributed by atoms with Gasteiger partial charge in [0.1, 0.15) is 10.7 Å². The Morgan fingerprint density at radius 2 is 2.05 bits per heavy atom. The molecule has 1 aliphatic carbocycles. The summed E-state index contributed by atoms with van der Waals surface area (Å²) in [4.78, 5) is -0.178. The number of rotatable bonds is 4. The van der Waals surface area contributed by atoms with Crippen molar-refractivity contribution in [2.45, 2.75) is 41.9 Å². The van der Waals surface area contributed by atoms with Crippen LogP contribution in [0.5, 0.6) is 0 Å². The molecule has 1 aromatic rings. The van der Waals surface area contributed by atoms with Crippen LogP contribution in [0.2, 0.25) is 0 Å². The summed E-state index contributed by atoms with van der Waals surface area (Å²) < 4.78 is 40.8. The largest absolute Gasteiger partial charge is 0.395 e. The van der Waals surface area contributed by atoms with E-state index in [1.807, 2.05) is 6.26 Å². The summed E-state index contributed by atoms with van der Waals surface area (Å²) in [5.41, 5.74) is 5.22. The fourth-order valence-electron chi connectivity index (χ4n) is 2.53. The summed E-state index contributed by atoms with van der Waals surface area (Å²) in [6, 6.07) is 3.72. The van der Waals surface area contributed by atoms with Gasteiger partial charge in [0, 0.05) is 11.3 Å². The van der Waals surface area contributed by atoms with Gasteiger partial charge in [-0.1, -0.05) is 18.9 Å². The van der Waals surface area contributed by atoms with Gasteiger partial charge in [-0.3, -0.25) is 0 Å². The summed E-state index contributed by atoms with van der Waals surface area (Å²) in [5.74, 6) is -0.710. The van der Waals surface area contributed by atoms with Crippen molar-refractivity contribution in [1.82, 2.24) is 4.72 Å². The molecule has 1 saturated carbocycles. The standard InChI is InChI=1S/C13H19FN2O2S2/c1-19-11-7-3-2-6-10(11)16-20(17,18)12-8-4-5-9(14)13(12)15/h4-5,8,10-11,16H,2-3,6-7,15H2,1H3. The minimum Gasteiger partial charge on any atom is -0.395 e. The Balaban J connectivity index is 2.24. The van der Waals surface area contributed by atoms with Crippen molar-refractivity contribution in [3.05, 3.63) is 24.0 Å². The molecule has 2 rings (SSSR count). The number of sulfonamides is 1. The van der Waals surface area contributed by atoms with Crippen molar-refractivity contribution in [1.29, 1.82) is 0 Å². The lowest BCUT2D eigenvalue weighted by molar-refractivity contribution is 0.423. The van der Waals surface area contributed by atoms with Crippen LogP contribution in [0.25, 0.3) is 0 Å². The fraction of sp³-hybridized carbons (Fsp3) is 0.538. The molecule has 0 aliphatic heterocycles. The Morgan fingerprint density at radius 3 is 2.75 bits per heavy atom. The highest BCUT2D eigenvalue weighted by atomic mass is 32.2. The zero-order valence-corrected chi connectivity index (χ0v) is 12.9. The van der Waals surface area contributed by atoms with Crippen molar-refractivity contribution in [3.63, 3.8) is 0 Å². The van der Waals surface area contributed by atoms with E-state index in [0.29, 0.717) is 0 Å². The number of hydrogen-bond donors (Lipinski definition) is 2. The molecule has 1 aromatic carbocycles. The Bertz CT molecular complexity index is 578. The molecule has 0 saturated heterocycles. The number of nitrogens with two attached hydrogens (primary N) is 1. The summed E-state index contributed by atoms with van der Waals surface area (Å²) in [5, 5.41) is 0.258. The average molecular weight is 318 g/mol. The number of nitrogens with one attached hydrogen (secondary N) is 1. The summed E-state index contributed by atoms with van der Waals surface area (Å²) >= 11 is 1.66. The SMILES string of the molecule is CSC1CCCCC1NS(=O)(=O)c1cccc(F)c1N. The zero-order valence-electron chi connectivity index (χ0n) is 11.3. The third-order valence-electron chi connectivity index (χ3n) is 3.61. The minimum atomic E-state index is -3.78. The highest BCUT2D eigenvalue weighted by molar-refractivity contribution is 7.99. The van der Waals surface area contributed by atoms with Crippen molar-refractivity contribution < 1.29 is 12.8 Å². The van der Waals surface area contributed by atoms with Gasteiger partial charge >= 0.3 is 0 Å². The Kier molecular flexibility index (Phi) is 4.93. The Morgan fingerprint density at radius 1 is 1.35 bits per heavy atom. The van der Waals surface area contributed by atoms with Crippen molar-refractivity contribution in [2.75, 3.05) is 12.0 Å². The normalized spacial score (nSPS) is 23.7. The zero-order chi connectivity index (χ0) is 14.8. The monoisotopic (exact) mass is 318 g/mol. The average Bonchev–Trinajstić information content (AvgIpc) is 2.42. The van der Waals surface area contributed by atoms with E-state index in [1.165, 1.54) is 12.1 Å². The summed E-state index contributed by atoms with van der Waals surface area (Å²) in [7, 11) is -3.78. The third kappa shape index (κ3) is 3.27. The van der Waals surface area contributed by atoms with Crippen LogP contribution in [-0.4, -0.2) is 26.0 Å². The van der Waals surface area contributed by atoms with E-state index < -0.39 is 15.8 Å². The van der Waals surface area contributed by atoms with E-state index in [0.717, 1.165) is 31.7 Å². The molecule has 20 heavy (non-hydrogen) atoms. The molecule has 7 heteroatoms. The van der Waals surface area contributed by atoms with Crippen LogP contribution in [-0.2, 0) is 10.0 Å². The van der Waals surface area contributed by atoms with E-state index in [-0.39, 0.29) is 21.9 Å². The van der Waals surface area contributed by atoms with Crippen LogP contribution >= 0.6 is 11.8 Å². The van der Waals surface area contributed by atoms with E-state index in [9.17, 15) is 12.8 Å². The maximum atomic E-state index is 13.4. The highest BCUT2D eigenvalue weighted by Crippen LogP contribution is 2.29. The molecular formula is C13H19FN2O2S2. The van der Waals surface area contributed by atoms with Gasteiger partial charge in [-0.2, -0.15) is 11.8 Å². The van der Waals surface area contributed by atoms with E-state index in [2.05, 4.69) is 4.72 Å². The lowest BCUT2D eigenvalue weighted by Crippen LogP contribution is -2.43. The number of para-hydroxylation sites is 1. The number of anilines is 1. The maximum absolute atomic E-state index is 13.4. The van der Waals surface area contributed by atoms with Crippen LogP contribution in [0.3, 0.4) is 0 Å². The summed E-state index contributed by atoms with van der Waals surface area (Å²) in [6.45, 7) is 0. The predicted octanol–water partition coefficient (Wildman–Crippen LogP) is 2.36. The highest BCUT2D eigenvalue weighted by Gasteiger charge is 2.30. The summed E-state index contributed by atoms with van der Waals surface area (Å²) in [6.07, 6.45) is 5.90.